The Morgan fingerprint density at radius 1 is 1.36 bits per heavy atom. The minimum atomic E-state index is -0.0591. The predicted octanol–water partition coefficient (Wildman–Crippen LogP) is 0.817. The molecular formula is C9H16N2. The Balaban J connectivity index is 4.03. The standard InChI is InChI=1S/C9H16N2/c1-3-5-6-8(7-10)9(11)4-2/h3-6,8-9H,1-2,7,10-11H2/b6-5-. The van der Waals surface area contributed by atoms with Crippen LogP contribution in [-0.2, 0) is 0 Å². The lowest BCUT2D eigenvalue weighted by Gasteiger charge is -2.14. The summed E-state index contributed by atoms with van der Waals surface area (Å²) in [6.45, 7) is 7.69. The van der Waals surface area contributed by atoms with Gasteiger partial charge in [0.25, 0.3) is 0 Å². The first kappa shape index (κ1) is 10.1. The summed E-state index contributed by atoms with van der Waals surface area (Å²) in [5.74, 6) is 0.172. The second-order valence-electron chi connectivity index (χ2n) is 2.33. The van der Waals surface area contributed by atoms with Crippen molar-refractivity contribution in [1.29, 1.82) is 0 Å². The summed E-state index contributed by atoms with van der Waals surface area (Å²) in [6.07, 6.45) is 7.20. The van der Waals surface area contributed by atoms with Crippen LogP contribution in [0.5, 0.6) is 0 Å². The van der Waals surface area contributed by atoms with Gasteiger partial charge in [-0.1, -0.05) is 30.9 Å². The minimum Gasteiger partial charge on any atom is -0.330 e. The van der Waals surface area contributed by atoms with E-state index in [-0.39, 0.29) is 12.0 Å². The number of nitrogens with two attached hydrogens (primary N) is 2. The van der Waals surface area contributed by atoms with Gasteiger partial charge in [0.2, 0.25) is 0 Å². The summed E-state index contributed by atoms with van der Waals surface area (Å²) in [4.78, 5) is 0. The second-order valence-corrected chi connectivity index (χ2v) is 2.33. The third-order valence-corrected chi connectivity index (χ3v) is 1.53. The molecule has 0 radical (unpaired) electrons. The molecule has 0 fully saturated rings. The first-order chi connectivity index (χ1) is 5.26. The topological polar surface area (TPSA) is 52.0 Å². The fourth-order valence-electron chi connectivity index (χ4n) is 0.760. The van der Waals surface area contributed by atoms with Gasteiger partial charge in [0, 0.05) is 18.5 Å². The van der Waals surface area contributed by atoms with E-state index in [0.29, 0.717) is 6.54 Å². The third kappa shape index (κ3) is 3.75. The molecular weight excluding hydrogens is 136 g/mol. The van der Waals surface area contributed by atoms with Crippen LogP contribution in [0.4, 0.5) is 0 Å². The molecule has 11 heavy (non-hydrogen) atoms. The molecule has 0 saturated carbocycles. The lowest BCUT2D eigenvalue weighted by molar-refractivity contribution is 0.587. The maximum absolute atomic E-state index is 5.68. The lowest BCUT2D eigenvalue weighted by atomic mass is 10.0. The highest BCUT2D eigenvalue weighted by molar-refractivity contribution is 5.05. The highest BCUT2D eigenvalue weighted by Gasteiger charge is 2.07. The Hall–Kier alpha value is -0.860. The van der Waals surface area contributed by atoms with Crippen LogP contribution < -0.4 is 11.5 Å². The Kier molecular flexibility index (Phi) is 5.43. The van der Waals surface area contributed by atoms with E-state index >= 15 is 0 Å². The van der Waals surface area contributed by atoms with E-state index in [0.717, 1.165) is 0 Å². The van der Waals surface area contributed by atoms with Crippen LogP contribution in [-0.4, -0.2) is 12.6 Å². The number of hydrogen-bond donors (Lipinski definition) is 2. The maximum atomic E-state index is 5.68. The smallest absolute Gasteiger partial charge is 0.0297 e. The average molecular weight is 152 g/mol. The Morgan fingerprint density at radius 2 is 2.00 bits per heavy atom. The van der Waals surface area contributed by atoms with Gasteiger partial charge in [0.05, 0.1) is 0 Å². The third-order valence-electron chi connectivity index (χ3n) is 1.53. The summed E-state index contributed by atoms with van der Waals surface area (Å²) in [6, 6.07) is -0.0591. The highest BCUT2D eigenvalue weighted by atomic mass is 14.7. The van der Waals surface area contributed by atoms with Crippen LogP contribution in [0.15, 0.2) is 37.5 Å². The molecule has 0 aliphatic heterocycles. The second kappa shape index (κ2) is 5.89. The quantitative estimate of drug-likeness (QED) is 0.452. The van der Waals surface area contributed by atoms with Gasteiger partial charge in [0.1, 0.15) is 0 Å². The van der Waals surface area contributed by atoms with Crippen LogP contribution in [0.2, 0.25) is 0 Å². The number of hydrogen-bond acceptors (Lipinski definition) is 2. The van der Waals surface area contributed by atoms with Crippen LogP contribution in [0.25, 0.3) is 0 Å². The van der Waals surface area contributed by atoms with E-state index in [1.54, 1.807) is 12.2 Å². The van der Waals surface area contributed by atoms with Gasteiger partial charge in [-0.25, -0.2) is 0 Å². The van der Waals surface area contributed by atoms with Gasteiger partial charge in [-0.15, -0.1) is 6.58 Å². The SMILES string of the molecule is C=C/C=C\C(CN)C(N)C=C. The summed E-state index contributed by atoms with van der Waals surface area (Å²) in [5.41, 5.74) is 11.2. The molecule has 0 heterocycles. The van der Waals surface area contributed by atoms with Crippen molar-refractivity contribution in [2.24, 2.45) is 17.4 Å². The Morgan fingerprint density at radius 3 is 2.36 bits per heavy atom. The molecule has 0 aromatic rings. The first-order valence-corrected chi connectivity index (χ1v) is 3.63. The van der Waals surface area contributed by atoms with Crippen molar-refractivity contribution in [2.45, 2.75) is 6.04 Å². The van der Waals surface area contributed by atoms with Crippen molar-refractivity contribution in [1.82, 2.24) is 0 Å². The van der Waals surface area contributed by atoms with Crippen LogP contribution in [0.1, 0.15) is 0 Å². The molecule has 0 rings (SSSR count). The van der Waals surface area contributed by atoms with Gasteiger partial charge in [-0.3, -0.25) is 0 Å². The molecule has 0 amide bonds. The molecule has 2 unspecified atom stereocenters. The van der Waals surface area contributed by atoms with E-state index in [1.807, 2.05) is 12.2 Å². The average Bonchev–Trinajstić information content (AvgIpc) is 2.05. The monoisotopic (exact) mass is 152 g/mol. The molecule has 0 spiro atoms. The van der Waals surface area contributed by atoms with E-state index in [1.165, 1.54) is 0 Å². The van der Waals surface area contributed by atoms with E-state index in [9.17, 15) is 0 Å². The Labute approximate surface area is 68.3 Å². The zero-order chi connectivity index (χ0) is 8.69. The van der Waals surface area contributed by atoms with Gasteiger partial charge in [-0.2, -0.15) is 0 Å². The van der Waals surface area contributed by atoms with E-state index < -0.39 is 0 Å². The molecule has 2 heteroatoms. The fraction of sp³-hybridized carbons (Fsp3) is 0.333. The largest absolute Gasteiger partial charge is 0.330 e. The molecule has 0 aromatic carbocycles. The van der Waals surface area contributed by atoms with Crippen LogP contribution in [0, 0.1) is 5.92 Å². The number of allylic oxidation sites excluding steroid dienone is 2. The molecule has 2 atom stereocenters. The maximum Gasteiger partial charge on any atom is 0.0297 e. The zero-order valence-corrected chi connectivity index (χ0v) is 6.74. The van der Waals surface area contributed by atoms with Crippen molar-refractivity contribution in [3.63, 3.8) is 0 Å². The number of rotatable bonds is 5. The first-order valence-electron chi connectivity index (χ1n) is 3.63. The van der Waals surface area contributed by atoms with Gasteiger partial charge in [-0.05, 0) is 0 Å². The molecule has 0 saturated heterocycles. The minimum absolute atomic E-state index is 0.0591. The van der Waals surface area contributed by atoms with Crippen molar-refractivity contribution >= 4 is 0 Å². The Bertz CT molecular complexity index is 150. The molecule has 0 aliphatic carbocycles. The lowest BCUT2D eigenvalue weighted by Crippen LogP contribution is -2.31. The summed E-state index contributed by atoms with van der Waals surface area (Å²) in [7, 11) is 0. The van der Waals surface area contributed by atoms with Crippen molar-refractivity contribution in [3.8, 4) is 0 Å². The summed E-state index contributed by atoms with van der Waals surface area (Å²) in [5, 5.41) is 0. The summed E-state index contributed by atoms with van der Waals surface area (Å²) < 4.78 is 0. The molecule has 0 aliphatic rings. The molecule has 2 nitrogen and oxygen atoms in total. The van der Waals surface area contributed by atoms with Gasteiger partial charge in [0.15, 0.2) is 0 Å². The molecule has 4 N–H and O–H groups in total. The van der Waals surface area contributed by atoms with Gasteiger partial charge < -0.3 is 11.5 Å². The molecule has 62 valence electrons. The van der Waals surface area contributed by atoms with Crippen molar-refractivity contribution < 1.29 is 0 Å². The van der Waals surface area contributed by atoms with Crippen molar-refractivity contribution in [3.05, 3.63) is 37.5 Å². The summed E-state index contributed by atoms with van der Waals surface area (Å²) >= 11 is 0. The molecule has 0 aromatic heterocycles. The molecule has 0 bridgehead atoms. The fourth-order valence-corrected chi connectivity index (χ4v) is 0.760. The van der Waals surface area contributed by atoms with Crippen molar-refractivity contribution in [2.75, 3.05) is 6.54 Å². The predicted molar refractivity (Wildman–Crippen MR) is 50.1 cm³/mol. The van der Waals surface area contributed by atoms with Crippen LogP contribution in [0.3, 0.4) is 0 Å². The normalized spacial score (nSPS) is 16.2. The zero-order valence-electron chi connectivity index (χ0n) is 6.74. The van der Waals surface area contributed by atoms with E-state index in [4.69, 9.17) is 11.5 Å². The van der Waals surface area contributed by atoms with Gasteiger partial charge >= 0.3 is 0 Å². The van der Waals surface area contributed by atoms with Crippen LogP contribution >= 0.6 is 0 Å². The highest BCUT2D eigenvalue weighted by Crippen LogP contribution is 2.02. The van der Waals surface area contributed by atoms with E-state index in [2.05, 4.69) is 13.2 Å².